The minimum Gasteiger partial charge on any atom is -0.493 e. The van der Waals surface area contributed by atoms with Crippen molar-refractivity contribution in [2.75, 3.05) is 24.0 Å². The summed E-state index contributed by atoms with van der Waals surface area (Å²) >= 11 is 6.26. The van der Waals surface area contributed by atoms with Crippen molar-refractivity contribution in [3.05, 3.63) is 88.9 Å². The number of nitrogens with zero attached hydrogens (tertiary/aromatic N) is 1. The maximum atomic E-state index is 13.4. The molecule has 0 spiro atoms. The van der Waals surface area contributed by atoms with E-state index in [9.17, 15) is 13.2 Å². The molecule has 3 aromatic rings. The van der Waals surface area contributed by atoms with Crippen LogP contribution in [0.5, 0.6) is 5.75 Å². The normalized spacial score (nSPS) is 11.2. The summed E-state index contributed by atoms with van der Waals surface area (Å²) in [4.78, 5) is 12.9. The van der Waals surface area contributed by atoms with E-state index >= 15 is 0 Å². The van der Waals surface area contributed by atoms with Crippen molar-refractivity contribution in [3.8, 4) is 5.75 Å². The quantitative estimate of drug-likeness (QED) is 0.329. The Morgan fingerprint density at radius 1 is 1.03 bits per heavy atom. The molecule has 0 saturated carbocycles. The van der Waals surface area contributed by atoms with Crippen molar-refractivity contribution in [1.29, 1.82) is 0 Å². The first-order chi connectivity index (χ1) is 16.8. The lowest BCUT2D eigenvalue weighted by atomic mass is 10.1. The van der Waals surface area contributed by atoms with Gasteiger partial charge in [-0.05, 0) is 67.6 Å². The van der Waals surface area contributed by atoms with Gasteiger partial charge in [0.05, 0.1) is 17.2 Å². The molecule has 0 heterocycles. The lowest BCUT2D eigenvalue weighted by Gasteiger charge is -2.24. The molecule has 0 bridgehead atoms. The zero-order chi connectivity index (χ0) is 25.3. The van der Waals surface area contributed by atoms with Gasteiger partial charge in [-0.25, -0.2) is 8.42 Å². The van der Waals surface area contributed by atoms with Crippen molar-refractivity contribution in [2.45, 2.75) is 38.0 Å². The maximum Gasteiger partial charge on any atom is 0.264 e. The number of para-hydroxylation sites is 1. The van der Waals surface area contributed by atoms with Gasteiger partial charge in [0.15, 0.2) is 0 Å². The molecule has 0 aliphatic carbocycles. The predicted molar refractivity (Wildman–Crippen MR) is 141 cm³/mol. The number of nitrogens with one attached hydrogen (secondary N) is 1. The highest BCUT2D eigenvalue weighted by Crippen LogP contribution is 2.28. The summed E-state index contributed by atoms with van der Waals surface area (Å²) in [6.07, 6.45) is 2.36. The zero-order valence-corrected chi connectivity index (χ0v) is 21.6. The van der Waals surface area contributed by atoms with Gasteiger partial charge in [-0.2, -0.15) is 0 Å². The molecule has 8 heteroatoms. The number of amides is 1. The molecule has 0 saturated heterocycles. The summed E-state index contributed by atoms with van der Waals surface area (Å²) in [7, 11) is -3.97. The van der Waals surface area contributed by atoms with Gasteiger partial charge in [0.2, 0.25) is 5.91 Å². The fourth-order valence-corrected chi connectivity index (χ4v) is 5.14. The van der Waals surface area contributed by atoms with E-state index in [4.69, 9.17) is 16.3 Å². The van der Waals surface area contributed by atoms with E-state index in [1.807, 2.05) is 31.2 Å². The molecule has 35 heavy (non-hydrogen) atoms. The summed E-state index contributed by atoms with van der Waals surface area (Å²) < 4.78 is 33.7. The number of anilines is 1. The second kappa shape index (κ2) is 12.6. The number of benzene rings is 3. The van der Waals surface area contributed by atoms with Crippen LogP contribution in [0.1, 0.15) is 30.9 Å². The summed E-state index contributed by atoms with van der Waals surface area (Å²) in [5, 5.41) is 3.28. The van der Waals surface area contributed by atoms with Crippen LogP contribution in [0.15, 0.2) is 77.7 Å². The van der Waals surface area contributed by atoms with E-state index in [0.717, 1.165) is 34.0 Å². The largest absolute Gasteiger partial charge is 0.493 e. The number of rotatable bonds is 12. The molecule has 1 amide bonds. The number of halogens is 1. The van der Waals surface area contributed by atoms with Gasteiger partial charge in [0, 0.05) is 11.6 Å². The third-order valence-corrected chi connectivity index (χ3v) is 7.64. The first kappa shape index (κ1) is 26.6. The number of carbonyl (C=O) groups is 1. The van der Waals surface area contributed by atoms with Gasteiger partial charge in [0.25, 0.3) is 10.0 Å². The van der Waals surface area contributed by atoms with Gasteiger partial charge >= 0.3 is 0 Å². The summed E-state index contributed by atoms with van der Waals surface area (Å²) in [5.74, 6) is 0.466. The van der Waals surface area contributed by atoms with Crippen molar-refractivity contribution < 1.29 is 17.9 Å². The van der Waals surface area contributed by atoms with E-state index in [0.29, 0.717) is 30.3 Å². The third kappa shape index (κ3) is 7.23. The number of hydrogen-bond donors (Lipinski definition) is 1. The average Bonchev–Trinajstić information content (AvgIpc) is 2.86. The number of ether oxygens (including phenoxy) is 1. The Morgan fingerprint density at radius 3 is 2.46 bits per heavy atom. The molecule has 0 radical (unpaired) electrons. The Kier molecular flexibility index (Phi) is 9.57. The molecule has 0 aliphatic heterocycles. The smallest absolute Gasteiger partial charge is 0.264 e. The number of sulfonamides is 1. The number of carbonyl (C=O) groups excluding carboxylic acids is 1. The van der Waals surface area contributed by atoms with Crippen LogP contribution >= 0.6 is 11.6 Å². The minimum absolute atomic E-state index is 0.105. The lowest BCUT2D eigenvalue weighted by molar-refractivity contribution is -0.119. The minimum atomic E-state index is -3.97. The molecule has 3 rings (SSSR count). The molecular weight excluding hydrogens is 484 g/mol. The first-order valence-corrected chi connectivity index (χ1v) is 13.5. The van der Waals surface area contributed by atoms with E-state index in [1.165, 1.54) is 12.1 Å². The van der Waals surface area contributed by atoms with E-state index in [1.54, 1.807) is 36.4 Å². The molecule has 0 fully saturated rings. The lowest BCUT2D eigenvalue weighted by Crippen LogP contribution is -2.41. The van der Waals surface area contributed by atoms with Crippen LogP contribution in [-0.2, 0) is 21.2 Å². The highest BCUT2D eigenvalue weighted by Gasteiger charge is 2.27. The molecule has 3 aromatic carbocycles. The molecule has 6 nitrogen and oxygen atoms in total. The summed E-state index contributed by atoms with van der Waals surface area (Å²) in [5.41, 5.74) is 2.24. The fourth-order valence-electron chi connectivity index (χ4n) is 3.53. The Labute approximate surface area is 212 Å². The highest BCUT2D eigenvalue weighted by molar-refractivity contribution is 7.92. The van der Waals surface area contributed by atoms with Crippen LogP contribution < -0.4 is 14.4 Å². The molecule has 0 aromatic heterocycles. The van der Waals surface area contributed by atoms with Crippen molar-refractivity contribution >= 4 is 33.2 Å². The highest BCUT2D eigenvalue weighted by atomic mass is 35.5. The van der Waals surface area contributed by atoms with E-state index in [2.05, 4.69) is 12.2 Å². The van der Waals surface area contributed by atoms with Gasteiger partial charge < -0.3 is 10.1 Å². The monoisotopic (exact) mass is 514 g/mol. The van der Waals surface area contributed by atoms with Gasteiger partial charge in [-0.15, -0.1) is 0 Å². The van der Waals surface area contributed by atoms with Crippen LogP contribution in [0, 0.1) is 6.92 Å². The van der Waals surface area contributed by atoms with Crippen molar-refractivity contribution in [1.82, 2.24) is 5.32 Å². The first-order valence-electron chi connectivity index (χ1n) is 11.6. The SMILES string of the molecule is CCCOc1ccccc1CCCNC(=O)CN(c1ccc(C)c(Cl)c1)S(=O)(=O)c1ccccc1. The maximum absolute atomic E-state index is 13.4. The van der Waals surface area contributed by atoms with Crippen LogP contribution in [0.25, 0.3) is 0 Å². The predicted octanol–water partition coefficient (Wildman–Crippen LogP) is 5.38. The number of aryl methyl sites for hydroxylation is 2. The standard InChI is InChI=1S/C27H31ClN2O4S/c1-3-18-34-26-14-8-7-10-22(26)11-9-17-29-27(31)20-30(23-16-15-21(2)25(28)19-23)35(32,33)24-12-5-4-6-13-24/h4-8,10,12-16,19H,3,9,11,17-18,20H2,1-2H3,(H,29,31). The van der Waals surface area contributed by atoms with Crippen LogP contribution in [0.4, 0.5) is 5.69 Å². The van der Waals surface area contributed by atoms with Gasteiger partial charge in [-0.1, -0.05) is 61.0 Å². The van der Waals surface area contributed by atoms with Crippen molar-refractivity contribution in [3.63, 3.8) is 0 Å². The topological polar surface area (TPSA) is 75.7 Å². The Balaban J connectivity index is 1.68. The second-order valence-electron chi connectivity index (χ2n) is 8.17. The third-order valence-electron chi connectivity index (χ3n) is 5.44. The molecule has 0 unspecified atom stereocenters. The van der Waals surface area contributed by atoms with E-state index in [-0.39, 0.29) is 11.4 Å². The number of hydrogen-bond acceptors (Lipinski definition) is 4. The van der Waals surface area contributed by atoms with Crippen LogP contribution in [-0.4, -0.2) is 34.0 Å². The Bertz CT molecular complexity index is 1230. The van der Waals surface area contributed by atoms with Crippen LogP contribution in [0.2, 0.25) is 5.02 Å². The van der Waals surface area contributed by atoms with E-state index < -0.39 is 15.9 Å². The zero-order valence-electron chi connectivity index (χ0n) is 20.0. The fraction of sp³-hybridized carbons (Fsp3) is 0.296. The summed E-state index contributed by atoms with van der Waals surface area (Å²) in [6, 6.07) is 20.9. The molecular formula is C27H31ClN2O4S. The molecule has 186 valence electrons. The van der Waals surface area contributed by atoms with Crippen LogP contribution in [0.3, 0.4) is 0 Å². The van der Waals surface area contributed by atoms with Gasteiger partial charge in [-0.3, -0.25) is 9.10 Å². The molecule has 0 aliphatic rings. The van der Waals surface area contributed by atoms with Crippen molar-refractivity contribution in [2.24, 2.45) is 0 Å². The molecule has 1 N–H and O–H groups in total. The Morgan fingerprint density at radius 2 is 1.74 bits per heavy atom. The average molecular weight is 515 g/mol. The Hall–Kier alpha value is -3.03. The second-order valence-corrected chi connectivity index (χ2v) is 10.4. The molecule has 0 atom stereocenters. The summed E-state index contributed by atoms with van der Waals surface area (Å²) in [6.45, 7) is 4.61. The van der Waals surface area contributed by atoms with Gasteiger partial charge in [0.1, 0.15) is 12.3 Å².